The molecular formula is C19H24IrN3O2-. The first kappa shape index (κ1) is 23.1. The van der Waals surface area contributed by atoms with Crippen molar-refractivity contribution in [3.8, 4) is 11.3 Å². The molecule has 25 heavy (non-hydrogen) atoms. The number of nitrogens with zero attached hydrogens (tertiary/aromatic N) is 3. The summed E-state index contributed by atoms with van der Waals surface area (Å²) in [5.74, 6) is -0.0625. The van der Waals surface area contributed by atoms with Crippen molar-refractivity contribution in [3.05, 3.63) is 53.9 Å². The Morgan fingerprint density at radius 3 is 2.28 bits per heavy atom. The number of hydrogen-bond acceptors (Lipinski definition) is 5. The molecule has 0 spiro atoms. The van der Waals surface area contributed by atoms with Crippen LogP contribution in [0.4, 0.5) is 0 Å². The summed E-state index contributed by atoms with van der Waals surface area (Å²) in [6.45, 7) is 11.2. The SMILES string of the molecule is CC(=O)C=C(C)O.Cc1ncc[c-]c1-c1cc(C(C)(C)C)ncn1.[Ir]. The van der Waals surface area contributed by atoms with Gasteiger partial charge in [0.15, 0.2) is 5.78 Å². The predicted octanol–water partition coefficient (Wildman–Crippen LogP) is 3.98. The van der Waals surface area contributed by atoms with Gasteiger partial charge in [0.2, 0.25) is 0 Å². The van der Waals surface area contributed by atoms with Crippen LogP contribution in [-0.4, -0.2) is 25.8 Å². The van der Waals surface area contributed by atoms with Crippen LogP contribution in [0.15, 0.2) is 36.5 Å². The fraction of sp³-hybridized carbons (Fsp3) is 0.368. The van der Waals surface area contributed by atoms with Crippen molar-refractivity contribution in [1.29, 1.82) is 0 Å². The second-order valence-corrected chi connectivity index (χ2v) is 6.48. The zero-order valence-electron chi connectivity index (χ0n) is 15.4. The van der Waals surface area contributed by atoms with E-state index >= 15 is 0 Å². The van der Waals surface area contributed by atoms with Crippen LogP contribution < -0.4 is 0 Å². The van der Waals surface area contributed by atoms with Crippen molar-refractivity contribution in [2.24, 2.45) is 0 Å². The third-order valence-corrected chi connectivity index (χ3v) is 3.04. The van der Waals surface area contributed by atoms with Crippen molar-refractivity contribution in [2.45, 2.75) is 47.0 Å². The number of aliphatic hydroxyl groups is 1. The molecule has 0 bridgehead atoms. The van der Waals surface area contributed by atoms with Crippen molar-refractivity contribution in [3.63, 3.8) is 0 Å². The summed E-state index contributed by atoms with van der Waals surface area (Å²) < 4.78 is 0. The molecule has 2 aromatic rings. The molecule has 0 aliphatic rings. The number of carbonyl (C=O) groups is 1. The summed E-state index contributed by atoms with van der Waals surface area (Å²) in [6, 6.07) is 7.00. The van der Waals surface area contributed by atoms with Gasteiger partial charge in [0.25, 0.3) is 0 Å². The minimum Gasteiger partial charge on any atom is -0.512 e. The van der Waals surface area contributed by atoms with Gasteiger partial charge < -0.3 is 10.1 Å². The van der Waals surface area contributed by atoms with Crippen LogP contribution in [0.25, 0.3) is 11.3 Å². The largest absolute Gasteiger partial charge is 0.512 e. The first-order valence-electron chi connectivity index (χ1n) is 7.65. The van der Waals surface area contributed by atoms with Gasteiger partial charge in [0, 0.05) is 37.3 Å². The van der Waals surface area contributed by atoms with Gasteiger partial charge in [0.05, 0.1) is 5.76 Å². The third-order valence-electron chi connectivity index (χ3n) is 3.04. The third kappa shape index (κ3) is 8.14. The molecule has 0 aliphatic heterocycles. The molecule has 5 nitrogen and oxygen atoms in total. The van der Waals surface area contributed by atoms with Gasteiger partial charge in [-0.2, -0.15) is 0 Å². The van der Waals surface area contributed by atoms with E-state index in [-0.39, 0.29) is 37.1 Å². The number of carbonyl (C=O) groups excluding carboxylic acids is 1. The van der Waals surface area contributed by atoms with Gasteiger partial charge in [0.1, 0.15) is 6.33 Å². The average Bonchev–Trinajstić information content (AvgIpc) is 2.46. The number of aryl methyl sites for hydroxylation is 1. The van der Waals surface area contributed by atoms with Crippen molar-refractivity contribution in [1.82, 2.24) is 15.0 Å². The molecule has 0 saturated carbocycles. The maximum atomic E-state index is 10.0. The first-order chi connectivity index (χ1) is 11.1. The van der Waals surface area contributed by atoms with Crippen LogP contribution >= 0.6 is 0 Å². The van der Waals surface area contributed by atoms with Crippen LogP contribution in [0.2, 0.25) is 0 Å². The minimum atomic E-state index is -0.125. The maximum absolute atomic E-state index is 10.0. The van der Waals surface area contributed by atoms with Gasteiger partial charge in [-0.15, -0.1) is 17.7 Å². The molecular weight excluding hydrogens is 494 g/mol. The van der Waals surface area contributed by atoms with Crippen LogP contribution in [-0.2, 0) is 30.3 Å². The van der Waals surface area contributed by atoms with E-state index in [1.165, 1.54) is 19.9 Å². The minimum absolute atomic E-state index is 0. The zero-order valence-corrected chi connectivity index (χ0v) is 17.8. The smallest absolute Gasteiger partial charge is 0.155 e. The Morgan fingerprint density at radius 2 is 1.84 bits per heavy atom. The van der Waals surface area contributed by atoms with Crippen LogP contribution in [0.1, 0.15) is 46.0 Å². The molecule has 2 rings (SSSR count). The average molecular weight is 519 g/mol. The Morgan fingerprint density at radius 1 is 1.20 bits per heavy atom. The Balaban J connectivity index is 0.000000620. The van der Waals surface area contributed by atoms with E-state index in [0.29, 0.717) is 0 Å². The topological polar surface area (TPSA) is 76.0 Å². The molecule has 2 heterocycles. The quantitative estimate of drug-likeness (QED) is 0.370. The van der Waals surface area contributed by atoms with E-state index in [0.717, 1.165) is 22.6 Å². The summed E-state index contributed by atoms with van der Waals surface area (Å²) in [4.78, 5) is 22.9. The fourth-order valence-electron chi connectivity index (χ4n) is 1.90. The molecule has 137 valence electrons. The molecule has 0 amide bonds. The number of aromatic nitrogens is 3. The second-order valence-electron chi connectivity index (χ2n) is 6.48. The second kappa shape index (κ2) is 10.2. The van der Waals surface area contributed by atoms with E-state index in [1.807, 2.05) is 13.0 Å². The Bertz CT molecular complexity index is 733. The van der Waals surface area contributed by atoms with Crippen LogP contribution in [0.5, 0.6) is 0 Å². The standard InChI is InChI=1S/C14H16N3.C5H8O2.Ir/c1-10-11(6-5-7-15-10)12-8-13(14(2,3)4)17-9-16-12;1-4(6)3-5(2)7;/h5,7-9H,1-4H3;3,6H,1-2H3;/q-1;;. The van der Waals surface area contributed by atoms with Crippen molar-refractivity contribution >= 4 is 5.78 Å². The number of ketones is 1. The Kier molecular flexibility index (Phi) is 9.39. The van der Waals surface area contributed by atoms with Gasteiger partial charge in [-0.05, 0) is 25.2 Å². The summed E-state index contributed by atoms with van der Waals surface area (Å²) in [7, 11) is 0. The van der Waals surface area contributed by atoms with E-state index in [1.54, 1.807) is 18.6 Å². The zero-order chi connectivity index (χ0) is 18.3. The van der Waals surface area contributed by atoms with Crippen LogP contribution in [0, 0.1) is 13.0 Å². The van der Waals surface area contributed by atoms with Gasteiger partial charge in [-0.3, -0.25) is 9.78 Å². The molecule has 0 unspecified atom stereocenters. The number of hydrogen-bond donors (Lipinski definition) is 1. The van der Waals surface area contributed by atoms with Gasteiger partial charge in [-0.25, -0.2) is 4.98 Å². The Labute approximate surface area is 163 Å². The van der Waals surface area contributed by atoms with Crippen molar-refractivity contribution in [2.75, 3.05) is 0 Å². The van der Waals surface area contributed by atoms with E-state index < -0.39 is 0 Å². The summed E-state index contributed by atoms with van der Waals surface area (Å²) in [6.07, 6.45) is 4.51. The number of rotatable bonds is 2. The predicted molar refractivity (Wildman–Crippen MR) is 94.6 cm³/mol. The van der Waals surface area contributed by atoms with Gasteiger partial charge in [-0.1, -0.05) is 40.0 Å². The monoisotopic (exact) mass is 519 g/mol. The fourth-order valence-corrected chi connectivity index (χ4v) is 1.90. The summed E-state index contributed by atoms with van der Waals surface area (Å²) in [5.41, 5.74) is 3.81. The molecule has 6 heteroatoms. The molecule has 1 radical (unpaired) electrons. The normalized spacial score (nSPS) is 11.0. The van der Waals surface area contributed by atoms with Crippen molar-refractivity contribution < 1.29 is 30.0 Å². The summed E-state index contributed by atoms with van der Waals surface area (Å²) >= 11 is 0. The first-order valence-corrected chi connectivity index (χ1v) is 7.65. The number of pyridine rings is 1. The molecule has 0 aliphatic carbocycles. The molecule has 0 atom stereocenters. The van der Waals surface area contributed by atoms with E-state index in [9.17, 15) is 4.79 Å². The molecule has 0 fully saturated rings. The number of aliphatic hydroxyl groups excluding tert-OH is 1. The summed E-state index contributed by atoms with van der Waals surface area (Å²) in [5, 5.41) is 8.36. The Hall–Kier alpha value is -1.91. The molecule has 1 N–H and O–H groups in total. The number of allylic oxidation sites excluding steroid dienone is 2. The maximum Gasteiger partial charge on any atom is 0.155 e. The van der Waals surface area contributed by atoms with Crippen LogP contribution in [0.3, 0.4) is 0 Å². The van der Waals surface area contributed by atoms with E-state index in [2.05, 4.69) is 41.8 Å². The molecule has 0 saturated heterocycles. The van der Waals surface area contributed by atoms with E-state index in [4.69, 9.17) is 5.11 Å². The van der Waals surface area contributed by atoms with Gasteiger partial charge >= 0.3 is 0 Å². The molecule has 0 aromatic carbocycles. The molecule has 2 aromatic heterocycles.